The molecular weight excluding hydrogens is 135 g/mol. The normalized spacial score (nSPS) is 12.0. The zero-order valence-electron chi connectivity index (χ0n) is 4.74. The van der Waals surface area contributed by atoms with E-state index in [0.717, 1.165) is 0 Å². The Balaban J connectivity index is 3.07. The summed E-state index contributed by atoms with van der Waals surface area (Å²) < 4.78 is 36.7. The topological polar surface area (TPSA) is 35.2 Å². The largest absolute Gasteiger partial charge is 0.522 e. The van der Waals surface area contributed by atoms with E-state index in [4.69, 9.17) is 5.73 Å². The Bertz CT molecular complexity index is 72.7. The monoisotopic (exact) mass is 143 g/mol. The average molecular weight is 143 g/mol. The van der Waals surface area contributed by atoms with Gasteiger partial charge in [-0.15, -0.1) is 13.2 Å². The zero-order valence-corrected chi connectivity index (χ0v) is 4.74. The lowest BCUT2D eigenvalue weighted by Gasteiger charge is -2.04. The molecule has 0 aromatic rings. The molecule has 2 N–H and O–H groups in total. The molecule has 0 heterocycles. The van der Waals surface area contributed by atoms with E-state index < -0.39 is 6.36 Å². The van der Waals surface area contributed by atoms with Gasteiger partial charge in [0.2, 0.25) is 0 Å². The summed E-state index contributed by atoms with van der Waals surface area (Å²) in [6.45, 7) is -0.129. The summed E-state index contributed by atoms with van der Waals surface area (Å²) in [7, 11) is 0. The van der Waals surface area contributed by atoms with E-state index in [1.807, 2.05) is 0 Å². The third-order valence-electron chi connectivity index (χ3n) is 0.614. The lowest BCUT2D eigenvalue weighted by Crippen LogP contribution is -2.16. The van der Waals surface area contributed by atoms with Crippen molar-refractivity contribution in [3.8, 4) is 0 Å². The average Bonchev–Trinajstić information content (AvgIpc) is 1.63. The summed E-state index contributed by atoms with van der Waals surface area (Å²) in [5.74, 6) is 0. The SMILES string of the molecule is NCCCOC(F)(F)F. The van der Waals surface area contributed by atoms with Crippen LogP contribution in [-0.2, 0) is 4.74 Å². The number of rotatable bonds is 3. The molecule has 0 unspecified atom stereocenters. The van der Waals surface area contributed by atoms with Gasteiger partial charge >= 0.3 is 6.36 Å². The minimum atomic E-state index is -4.50. The molecule has 0 aliphatic carbocycles. The fraction of sp³-hybridized carbons (Fsp3) is 1.00. The highest BCUT2D eigenvalue weighted by Gasteiger charge is 2.28. The molecule has 0 bridgehead atoms. The molecule has 0 radical (unpaired) electrons. The molecule has 9 heavy (non-hydrogen) atoms. The van der Waals surface area contributed by atoms with Gasteiger partial charge in [0.1, 0.15) is 0 Å². The maximum atomic E-state index is 11.1. The predicted molar refractivity (Wildman–Crippen MR) is 25.7 cm³/mol. The van der Waals surface area contributed by atoms with Crippen molar-refractivity contribution in [3.63, 3.8) is 0 Å². The Morgan fingerprint density at radius 2 is 1.89 bits per heavy atom. The molecule has 0 atom stereocenters. The van der Waals surface area contributed by atoms with E-state index in [-0.39, 0.29) is 19.6 Å². The Hall–Kier alpha value is -0.290. The van der Waals surface area contributed by atoms with Crippen molar-refractivity contribution < 1.29 is 17.9 Å². The molecular formula is C4H8F3NO. The van der Waals surface area contributed by atoms with Crippen molar-refractivity contribution in [1.29, 1.82) is 0 Å². The fourth-order valence-electron chi connectivity index (χ4n) is 0.271. The standard InChI is InChI=1S/C4H8F3NO/c5-4(6,7)9-3-1-2-8/h1-3,8H2. The first-order chi connectivity index (χ1) is 4.06. The van der Waals surface area contributed by atoms with Crippen LogP contribution < -0.4 is 5.73 Å². The summed E-state index contributed by atoms with van der Waals surface area (Å²) in [6, 6.07) is 0. The first-order valence-corrected chi connectivity index (χ1v) is 2.47. The van der Waals surface area contributed by atoms with Gasteiger partial charge in [-0.25, -0.2) is 0 Å². The molecule has 0 aliphatic rings. The number of ether oxygens (including phenoxy) is 1. The molecule has 5 heteroatoms. The lowest BCUT2D eigenvalue weighted by molar-refractivity contribution is -0.324. The predicted octanol–water partition coefficient (Wildman–Crippen LogP) is 0.872. The first-order valence-electron chi connectivity index (χ1n) is 2.47. The maximum Gasteiger partial charge on any atom is 0.522 e. The van der Waals surface area contributed by atoms with Gasteiger partial charge in [-0.1, -0.05) is 0 Å². The van der Waals surface area contributed by atoms with E-state index in [0.29, 0.717) is 0 Å². The number of nitrogens with two attached hydrogens (primary N) is 1. The van der Waals surface area contributed by atoms with E-state index in [1.54, 1.807) is 0 Å². The molecule has 0 rings (SSSR count). The van der Waals surface area contributed by atoms with Crippen LogP contribution in [0.4, 0.5) is 13.2 Å². The van der Waals surface area contributed by atoms with Crippen LogP contribution in [0.1, 0.15) is 6.42 Å². The minimum absolute atomic E-state index is 0.218. The van der Waals surface area contributed by atoms with Gasteiger partial charge in [0.15, 0.2) is 0 Å². The van der Waals surface area contributed by atoms with Gasteiger partial charge in [0.25, 0.3) is 0 Å². The number of hydrogen-bond donors (Lipinski definition) is 1. The minimum Gasteiger partial charge on any atom is -0.330 e. The summed E-state index contributed by atoms with van der Waals surface area (Å²) in [5.41, 5.74) is 4.91. The van der Waals surface area contributed by atoms with Crippen molar-refractivity contribution >= 4 is 0 Å². The summed E-state index contributed by atoms with van der Waals surface area (Å²) in [4.78, 5) is 0. The van der Waals surface area contributed by atoms with Gasteiger partial charge in [0, 0.05) is 0 Å². The molecule has 0 aromatic carbocycles. The molecule has 56 valence electrons. The molecule has 0 spiro atoms. The number of halogens is 3. The van der Waals surface area contributed by atoms with Crippen molar-refractivity contribution in [2.75, 3.05) is 13.2 Å². The van der Waals surface area contributed by atoms with Gasteiger partial charge < -0.3 is 5.73 Å². The van der Waals surface area contributed by atoms with E-state index in [1.165, 1.54) is 0 Å². The quantitative estimate of drug-likeness (QED) is 0.595. The second kappa shape index (κ2) is 3.68. The Labute approximate surface area is 50.8 Å². The first kappa shape index (κ1) is 8.71. The Morgan fingerprint density at radius 1 is 1.33 bits per heavy atom. The van der Waals surface area contributed by atoms with Crippen molar-refractivity contribution in [3.05, 3.63) is 0 Å². The van der Waals surface area contributed by atoms with Gasteiger partial charge in [-0.05, 0) is 13.0 Å². The van der Waals surface area contributed by atoms with Gasteiger partial charge in [-0.2, -0.15) is 0 Å². The summed E-state index contributed by atoms with van der Waals surface area (Å²) >= 11 is 0. The third-order valence-corrected chi connectivity index (χ3v) is 0.614. The third kappa shape index (κ3) is 7.71. The highest BCUT2D eigenvalue weighted by Crippen LogP contribution is 2.15. The van der Waals surface area contributed by atoms with Crippen LogP contribution in [-0.4, -0.2) is 19.5 Å². The van der Waals surface area contributed by atoms with Crippen LogP contribution in [0.15, 0.2) is 0 Å². The van der Waals surface area contributed by atoms with Crippen LogP contribution in [0.3, 0.4) is 0 Å². The van der Waals surface area contributed by atoms with E-state index in [2.05, 4.69) is 4.74 Å². The molecule has 0 fully saturated rings. The van der Waals surface area contributed by atoms with Crippen LogP contribution >= 0.6 is 0 Å². The van der Waals surface area contributed by atoms with Crippen molar-refractivity contribution in [1.82, 2.24) is 0 Å². The Morgan fingerprint density at radius 3 is 2.22 bits per heavy atom. The zero-order chi connectivity index (χ0) is 7.33. The van der Waals surface area contributed by atoms with Crippen molar-refractivity contribution in [2.45, 2.75) is 12.8 Å². The summed E-state index contributed by atoms with van der Waals surface area (Å²) in [6.07, 6.45) is -4.27. The second-order valence-corrected chi connectivity index (χ2v) is 1.44. The molecule has 0 aromatic heterocycles. The molecule has 2 nitrogen and oxygen atoms in total. The fourth-order valence-corrected chi connectivity index (χ4v) is 0.271. The summed E-state index contributed by atoms with van der Waals surface area (Å²) in [5, 5.41) is 0. The van der Waals surface area contributed by atoms with Crippen LogP contribution in [0, 0.1) is 0 Å². The van der Waals surface area contributed by atoms with Crippen LogP contribution in [0.25, 0.3) is 0 Å². The van der Waals surface area contributed by atoms with Crippen molar-refractivity contribution in [2.24, 2.45) is 5.73 Å². The molecule has 0 amide bonds. The second-order valence-electron chi connectivity index (χ2n) is 1.44. The molecule has 0 aliphatic heterocycles. The highest BCUT2D eigenvalue weighted by molar-refractivity contribution is 4.35. The number of hydrogen-bond acceptors (Lipinski definition) is 2. The highest BCUT2D eigenvalue weighted by atomic mass is 19.4. The molecule has 0 saturated carbocycles. The smallest absolute Gasteiger partial charge is 0.330 e. The van der Waals surface area contributed by atoms with E-state index in [9.17, 15) is 13.2 Å². The van der Waals surface area contributed by atoms with Crippen LogP contribution in [0.5, 0.6) is 0 Å². The Kier molecular flexibility index (Phi) is 3.56. The maximum absolute atomic E-state index is 11.1. The van der Waals surface area contributed by atoms with E-state index >= 15 is 0 Å². The van der Waals surface area contributed by atoms with Gasteiger partial charge in [0.05, 0.1) is 6.61 Å². The van der Waals surface area contributed by atoms with Crippen LogP contribution in [0.2, 0.25) is 0 Å². The molecule has 0 saturated heterocycles. The van der Waals surface area contributed by atoms with Gasteiger partial charge in [-0.3, -0.25) is 4.74 Å². The lowest BCUT2D eigenvalue weighted by atomic mass is 10.5. The number of alkyl halides is 3.